The summed E-state index contributed by atoms with van der Waals surface area (Å²) < 4.78 is 5.92. The van der Waals surface area contributed by atoms with Crippen LogP contribution in [0.25, 0.3) is 10.8 Å². The lowest BCUT2D eigenvalue weighted by atomic mass is 9.94. The maximum Gasteiger partial charge on any atom is 0.261 e. The quantitative estimate of drug-likeness (QED) is 0.578. The van der Waals surface area contributed by atoms with Gasteiger partial charge in [-0.1, -0.05) is 24.3 Å². The Morgan fingerprint density at radius 1 is 0.971 bits per heavy atom. The first kappa shape index (κ1) is 21.5. The average Bonchev–Trinajstić information content (AvgIpc) is 3.31. The number of amides is 3. The summed E-state index contributed by atoms with van der Waals surface area (Å²) in [5.41, 5.74) is 2.37. The van der Waals surface area contributed by atoms with E-state index in [-0.39, 0.29) is 43.5 Å². The zero-order valence-electron chi connectivity index (χ0n) is 18.9. The summed E-state index contributed by atoms with van der Waals surface area (Å²) in [5, 5.41) is 11.5. The van der Waals surface area contributed by atoms with Gasteiger partial charge in [-0.2, -0.15) is 0 Å². The van der Waals surface area contributed by atoms with E-state index in [0.717, 1.165) is 18.2 Å². The average molecular weight is 469 g/mol. The third-order valence-electron chi connectivity index (χ3n) is 6.95. The van der Waals surface area contributed by atoms with Gasteiger partial charge >= 0.3 is 0 Å². The lowest BCUT2D eigenvalue weighted by molar-refractivity contribution is 0.0586. The zero-order chi connectivity index (χ0) is 24.1. The Bertz CT molecular complexity index is 1380. The minimum absolute atomic E-state index is 0.0136. The Labute approximate surface area is 201 Å². The van der Waals surface area contributed by atoms with Crippen LogP contribution >= 0.6 is 0 Å². The van der Waals surface area contributed by atoms with Crippen LogP contribution in [0, 0.1) is 0 Å². The van der Waals surface area contributed by atoms with Gasteiger partial charge < -0.3 is 14.7 Å². The number of fused-ring (bicyclic) bond motifs is 2. The van der Waals surface area contributed by atoms with E-state index in [1.54, 1.807) is 42.6 Å². The van der Waals surface area contributed by atoms with Crippen molar-refractivity contribution in [3.8, 4) is 5.75 Å². The highest BCUT2D eigenvalue weighted by atomic mass is 16.5. The Morgan fingerprint density at radius 3 is 2.43 bits per heavy atom. The number of nitrogens with zero attached hydrogens (tertiary/aromatic N) is 3. The number of rotatable bonds is 5. The van der Waals surface area contributed by atoms with Crippen molar-refractivity contribution in [3.63, 3.8) is 0 Å². The van der Waals surface area contributed by atoms with Crippen molar-refractivity contribution in [1.29, 1.82) is 0 Å². The molecular weight excluding hydrogens is 446 g/mol. The van der Waals surface area contributed by atoms with Crippen LogP contribution in [0.4, 0.5) is 5.69 Å². The minimum Gasteiger partial charge on any atom is -0.491 e. The van der Waals surface area contributed by atoms with Crippen LogP contribution in [0.2, 0.25) is 0 Å². The number of aliphatic imine (C=N–C) groups is 1. The normalized spacial score (nSPS) is 18.7. The second kappa shape index (κ2) is 8.32. The number of imide groups is 1. The monoisotopic (exact) mass is 469 g/mol. The van der Waals surface area contributed by atoms with Gasteiger partial charge in [0.15, 0.2) is 0 Å². The molecule has 0 spiro atoms. The largest absolute Gasteiger partial charge is 0.491 e. The topological polar surface area (TPSA) is 99.5 Å². The molecule has 1 N–H and O–H groups in total. The van der Waals surface area contributed by atoms with Gasteiger partial charge in [0.25, 0.3) is 17.7 Å². The molecule has 3 amide bonds. The first-order chi connectivity index (χ1) is 17.1. The molecule has 3 aliphatic rings. The van der Waals surface area contributed by atoms with Crippen molar-refractivity contribution in [3.05, 3.63) is 70.8 Å². The van der Waals surface area contributed by atoms with Crippen LogP contribution in [0.15, 0.2) is 53.5 Å². The molecule has 3 heterocycles. The molecule has 176 valence electrons. The summed E-state index contributed by atoms with van der Waals surface area (Å²) in [6, 6.07) is 14.1. The highest BCUT2D eigenvalue weighted by molar-refractivity contribution is 6.25. The first-order valence-electron chi connectivity index (χ1n) is 11.7. The second-order valence-electron chi connectivity index (χ2n) is 8.94. The van der Waals surface area contributed by atoms with E-state index in [4.69, 9.17) is 4.74 Å². The molecule has 6 rings (SSSR count). The van der Waals surface area contributed by atoms with E-state index >= 15 is 0 Å². The Morgan fingerprint density at radius 2 is 1.71 bits per heavy atom. The molecule has 1 fully saturated rings. The molecule has 0 aliphatic carbocycles. The number of ether oxygens (including phenoxy) is 1. The minimum atomic E-state index is -0.358. The van der Waals surface area contributed by atoms with Crippen LogP contribution in [-0.2, 0) is 6.61 Å². The number of benzene rings is 3. The van der Waals surface area contributed by atoms with E-state index in [1.165, 1.54) is 4.90 Å². The van der Waals surface area contributed by atoms with Gasteiger partial charge in [-0.25, -0.2) is 0 Å². The summed E-state index contributed by atoms with van der Waals surface area (Å²) >= 11 is 0. The summed E-state index contributed by atoms with van der Waals surface area (Å²) in [5.74, 6) is -0.442. The van der Waals surface area contributed by atoms with E-state index < -0.39 is 0 Å². The Balaban J connectivity index is 1.24. The van der Waals surface area contributed by atoms with Gasteiger partial charge in [-0.3, -0.25) is 24.3 Å². The third-order valence-corrected chi connectivity index (χ3v) is 6.95. The fourth-order valence-corrected chi connectivity index (χ4v) is 5.20. The first-order valence-corrected chi connectivity index (χ1v) is 11.7. The van der Waals surface area contributed by atoms with Crippen molar-refractivity contribution in [2.75, 3.05) is 19.7 Å². The highest BCUT2D eigenvalue weighted by Crippen LogP contribution is 2.35. The summed E-state index contributed by atoms with van der Waals surface area (Å²) in [4.78, 5) is 46.7. The number of carbonyl (C=O) groups is 3. The van der Waals surface area contributed by atoms with Gasteiger partial charge in [0.1, 0.15) is 12.4 Å². The molecule has 1 saturated heterocycles. The van der Waals surface area contributed by atoms with Crippen molar-refractivity contribution < 1.29 is 24.2 Å². The van der Waals surface area contributed by atoms with E-state index in [1.807, 2.05) is 17.0 Å². The van der Waals surface area contributed by atoms with Crippen molar-refractivity contribution in [1.82, 2.24) is 9.80 Å². The molecule has 0 unspecified atom stereocenters. The molecule has 0 radical (unpaired) electrons. The van der Waals surface area contributed by atoms with Crippen molar-refractivity contribution in [2.24, 2.45) is 4.99 Å². The standard InChI is InChI=1S/C27H23N3O5/c31-15-17-12-21-22(28-14-18-6-3-9-29(18)27(21)34)13-23(17)35-11-10-30-25(32)19-7-1-4-16-5-2-8-20(24(16)19)26(30)33/h1-2,4-5,7-8,12-14,18,31H,3,6,9-11,15H2/t18-/m0/s1. The molecule has 8 heteroatoms. The molecule has 3 aromatic rings. The van der Waals surface area contributed by atoms with Gasteiger partial charge in [-0.05, 0) is 36.4 Å². The van der Waals surface area contributed by atoms with E-state index in [2.05, 4.69) is 4.99 Å². The molecular formula is C27H23N3O5. The van der Waals surface area contributed by atoms with Crippen LogP contribution < -0.4 is 4.74 Å². The maximum absolute atomic E-state index is 13.1. The summed E-state index contributed by atoms with van der Waals surface area (Å²) in [6.07, 6.45) is 3.62. The second-order valence-corrected chi connectivity index (χ2v) is 8.94. The number of aliphatic hydroxyl groups is 1. The lowest BCUT2D eigenvalue weighted by Gasteiger charge is -2.27. The smallest absolute Gasteiger partial charge is 0.261 e. The number of aliphatic hydroxyl groups excluding tert-OH is 1. The lowest BCUT2D eigenvalue weighted by Crippen LogP contribution is -2.42. The predicted molar refractivity (Wildman–Crippen MR) is 129 cm³/mol. The predicted octanol–water partition coefficient (Wildman–Crippen LogP) is 3.33. The van der Waals surface area contributed by atoms with E-state index in [0.29, 0.717) is 45.6 Å². The third kappa shape index (κ3) is 3.40. The van der Waals surface area contributed by atoms with Crippen LogP contribution in [0.3, 0.4) is 0 Å². The Hall–Kier alpha value is -4.04. The van der Waals surface area contributed by atoms with Crippen molar-refractivity contribution in [2.45, 2.75) is 25.5 Å². The Kier molecular flexibility index (Phi) is 5.11. The number of hydrogen-bond acceptors (Lipinski definition) is 6. The van der Waals surface area contributed by atoms with Crippen LogP contribution in [0.1, 0.15) is 49.5 Å². The van der Waals surface area contributed by atoms with Crippen molar-refractivity contribution >= 4 is 40.4 Å². The molecule has 0 saturated carbocycles. The SMILES string of the molecule is O=C1c2cccc3cccc(c23)C(=O)N1CCOc1cc2c(cc1CO)C(=O)N1CCC[C@H]1C=N2. The maximum atomic E-state index is 13.1. The molecule has 0 bridgehead atoms. The summed E-state index contributed by atoms with van der Waals surface area (Å²) in [7, 11) is 0. The molecule has 0 aromatic heterocycles. The number of carbonyl (C=O) groups excluding carboxylic acids is 3. The fourth-order valence-electron chi connectivity index (χ4n) is 5.20. The van der Waals surface area contributed by atoms with Crippen LogP contribution in [0.5, 0.6) is 5.75 Å². The van der Waals surface area contributed by atoms with Gasteiger partial charge in [0.2, 0.25) is 0 Å². The van der Waals surface area contributed by atoms with Gasteiger partial charge in [0, 0.05) is 40.9 Å². The highest BCUT2D eigenvalue weighted by Gasteiger charge is 2.34. The van der Waals surface area contributed by atoms with E-state index in [9.17, 15) is 19.5 Å². The van der Waals surface area contributed by atoms with Crippen LogP contribution in [-0.4, -0.2) is 64.6 Å². The number of hydrogen-bond donors (Lipinski definition) is 1. The summed E-state index contributed by atoms with van der Waals surface area (Å²) in [6.45, 7) is 0.451. The van der Waals surface area contributed by atoms with Gasteiger partial charge in [0.05, 0.1) is 30.4 Å². The zero-order valence-corrected chi connectivity index (χ0v) is 18.9. The fraction of sp³-hybridized carbons (Fsp3) is 0.259. The molecule has 3 aromatic carbocycles. The molecule has 35 heavy (non-hydrogen) atoms. The molecule has 3 aliphatic heterocycles. The van der Waals surface area contributed by atoms with Gasteiger partial charge in [-0.15, -0.1) is 0 Å². The molecule has 1 atom stereocenters. The molecule has 8 nitrogen and oxygen atoms in total.